The largest absolute Gasteiger partial charge is 0.360 e. The molecule has 2 heterocycles. The molecule has 0 bridgehead atoms. The molecule has 142 valence electrons. The Morgan fingerprint density at radius 3 is 2.61 bits per heavy atom. The zero-order valence-electron chi connectivity index (χ0n) is 15.8. The smallest absolute Gasteiger partial charge is 0.196 e. The minimum atomic E-state index is 0.617. The molecule has 7 heteroatoms. The summed E-state index contributed by atoms with van der Waals surface area (Å²) in [6.07, 6.45) is 0. The van der Waals surface area contributed by atoms with Gasteiger partial charge in [0.25, 0.3) is 0 Å². The predicted molar refractivity (Wildman–Crippen MR) is 112 cm³/mol. The minimum absolute atomic E-state index is 0.617. The van der Waals surface area contributed by atoms with E-state index in [2.05, 4.69) is 52.0 Å². The van der Waals surface area contributed by atoms with Crippen LogP contribution in [0.2, 0.25) is 5.02 Å². The monoisotopic (exact) mass is 410 g/mol. The first kappa shape index (κ1) is 18.8. The van der Waals surface area contributed by atoms with Gasteiger partial charge in [-0.15, -0.1) is 10.2 Å². The molecule has 0 saturated heterocycles. The molecule has 0 N–H and O–H groups in total. The molecule has 0 radical (unpaired) electrons. The summed E-state index contributed by atoms with van der Waals surface area (Å²) in [6, 6.07) is 16.0. The first-order valence-electron chi connectivity index (χ1n) is 8.86. The van der Waals surface area contributed by atoms with Gasteiger partial charge in [-0.05, 0) is 50.1 Å². The van der Waals surface area contributed by atoms with Gasteiger partial charge in [0.05, 0.1) is 22.2 Å². The van der Waals surface area contributed by atoms with Crippen molar-refractivity contribution in [3.8, 4) is 17.1 Å². The molecule has 0 unspecified atom stereocenters. The number of halogens is 1. The first-order valence-corrected chi connectivity index (χ1v) is 10.2. The molecule has 0 saturated carbocycles. The van der Waals surface area contributed by atoms with Crippen LogP contribution in [0.5, 0.6) is 0 Å². The van der Waals surface area contributed by atoms with Crippen molar-refractivity contribution in [2.45, 2.75) is 31.7 Å². The molecule has 0 fully saturated rings. The molecule has 0 aliphatic carbocycles. The number of aromatic nitrogens is 4. The molecular weight excluding hydrogens is 392 g/mol. The van der Waals surface area contributed by atoms with Crippen LogP contribution in [0, 0.1) is 20.8 Å². The molecule has 0 atom stereocenters. The van der Waals surface area contributed by atoms with Crippen LogP contribution in [0.25, 0.3) is 17.1 Å². The van der Waals surface area contributed by atoms with Crippen molar-refractivity contribution >= 4 is 23.4 Å². The highest BCUT2D eigenvalue weighted by Gasteiger charge is 2.20. The van der Waals surface area contributed by atoms with Gasteiger partial charge in [0.1, 0.15) is 5.76 Å². The second kappa shape index (κ2) is 7.81. The van der Waals surface area contributed by atoms with Gasteiger partial charge < -0.3 is 4.52 Å². The van der Waals surface area contributed by atoms with Crippen LogP contribution in [-0.4, -0.2) is 19.9 Å². The van der Waals surface area contributed by atoms with Crippen LogP contribution in [0.3, 0.4) is 0 Å². The lowest BCUT2D eigenvalue weighted by molar-refractivity contribution is 0.391. The Bertz CT molecular complexity index is 1140. The van der Waals surface area contributed by atoms with Gasteiger partial charge in [0.15, 0.2) is 11.0 Å². The normalized spacial score (nSPS) is 11.1. The number of aryl methyl sites for hydroxylation is 3. The maximum atomic E-state index is 6.46. The van der Waals surface area contributed by atoms with Crippen molar-refractivity contribution < 1.29 is 4.52 Å². The summed E-state index contributed by atoms with van der Waals surface area (Å²) in [5.74, 6) is 2.14. The van der Waals surface area contributed by atoms with Gasteiger partial charge in [-0.1, -0.05) is 52.8 Å². The fourth-order valence-corrected chi connectivity index (χ4v) is 4.02. The second-order valence-electron chi connectivity index (χ2n) is 6.63. The Hall–Kier alpha value is -2.57. The third-order valence-electron chi connectivity index (χ3n) is 4.37. The topological polar surface area (TPSA) is 56.7 Å². The van der Waals surface area contributed by atoms with Crippen molar-refractivity contribution in [1.82, 2.24) is 19.9 Å². The lowest BCUT2D eigenvalue weighted by atomic mass is 10.1. The van der Waals surface area contributed by atoms with Gasteiger partial charge in [0.2, 0.25) is 0 Å². The van der Waals surface area contributed by atoms with E-state index in [-0.39, 0.29) is 0 Å². The van der Waals surface area contributed by atoms with E-state index in [0.717, 1.165) is 39.2 Å². The highest BCUT2D eigenvalue weighted by molar-refractivity contribution is 7.98. The summed E-state index contributed by atoms with van der Waals surface area (Å²) in [7, 11) is 0. The number of nitrogens with zero attached hydrogens (tertiary/aromatic N) is 4. The van der Waals surface area contributed by atoms with Crippen LogP contribution < -0.4 is 0 Å². The van der Waals surface area contributed by atoms with Crippen LogP contribution in [0.4, 0.5) is 0 Å². The fourth-order valence-electron chi connectivity index (χ4n) is 2.98. The SMILES string of the molecule is Cc1ccc(C)c(-n2c(SCc3cc(C)no3)nnc2-c2ccccc2Cl)c1. The van der Waals surface area contributed by atoms with Crippen molar-refractivity contribution in [3.63, 3.8) is 0 Å². The average Bonchev–Trinajstić information content (AvgIpc) is 3.28. The number of thioether (sulfide) groups is 1. The van der Waals surface area contributed by atoms with Gasteiger partial charge in [0, 0.05) is 11.6 Å². The summed E-state index contributed by atoms with van der Waals surface area (Å²) >= 11 is 8.02. The average molecular weight is 411 g/mol. The molecule has 28 heavy (non-hydrogen) atoms. The summed E-state index contributed by atoms with van der Waals surface area (Å²) in [4.78, 5) is 0. The molecule has 0 amide bonds. The van der Waals surface area contributed by atoms with Crippen LogP contribution in [0.15, 0.2) is 58.2 Å². The van der Waals surface area contributed by atoms with E-state index in [4.69, 9.17) is 16.1 Å². The maximum absolute atomic E-state index is 6.46. The maximum Gasteiger partial charge on any atom is 0.196 e. The quantitative estimate of drug-likeness (QED) is 0.389. The molecule has 0 spiro atoms. The highest BCUT2D eigenvalue weighted by atomic mass is 35.5. The molecule has 4 rings (SSSR count). The van der Waals surface area contributed by atoms with E-state index in [1.54, 1.807) is 11.8 Å². The Kier molecular flexibility index (Phi) is 5.24. The van der Waals surface area contributed by atoms with Gasteiger partial charge in [-0.2, -0.15) is 0 Å². The van der Waals surface area contributed by atoms with Gasteiger partial charge in [-0.3, -0.25) is 4.57 Å². The number of rotatable bonds is 5. The zero-order valence-corrected chi connectivity index (χ0v) is 17.4. The lowest BCUT2D eigenvalue weighted by Gasteiger charge is -2.14. The van der Waals surface area contributed by atoms with Crippen molar-refractivity contribution in [1.29, 1.82) is 0 Å². The summed E-state index contributed by atoms with van der Waals surface area (Å²) < 4.78 is 7.40. The Morgan fingerprint density at radius 2 is 1.86 bits per heavy atom. The van der Waals surface area contributed by atoms with Gasteiger partial charge in [-0.25, -0.2) is 0 Å². The summed E-state index contributed by atoms with van der Waals surface area (Å²) in [5.41, 5.74) is 5.05. The summed E-state index contributed by atoms with van der Waals surface area (Å²) in [6.45, 7) is 6.07. The number of benzene rings is 2. The molecule has 4 aromatic rings. The van der Waals surface area contributed by atoms with Crippen molar-refractivity contribution in [2.24, 2.45) is 0 Å². The second-order valence-corrected chi connectivity index (χ2v) is 7.98. The third kappa shape index (κ3) is 3.70. The Balaban J connectivity index is 1.82. The van der Waals surface area contributed by atoms with Crippen LogP contribution in [0.1, 0.15) is 22.6 Å². The van der Waals surface area contributed by atoms with Crippen LogP contribution >= 0.6 is 23.4 Å². The Morgan fingerprint density at radius 1 is 1.04 bits per heavy atom. The van der Waals surface area contributed by atoms with Crippen molar-refractivity contribution in [3.05, 3.63) is 76.1 Å². The van der Waals surface area contributed by atoms with E-state index in [1.165, 1.54) is 5.56 Å². The van der Waals surface area contributed by atoms with E-state index in [0.29, 0.717) is 10.8 Å². The zero-order chi connectivity index (χ0) is 19.7. The molecule has 5 nitrogen and oxygen atoms in total. The number of hydrogen-bond donors (Lipinski definition) is 0. The standard InChI is InChI=1S/C21H19ClN4OS/c1-13-8-9-14(2)19(10-13)26-20(17-6-4-5-7-18(17)22)23-24-21(26)28-12-16-11-15(3)25-27-16/h4-11H,12H2,1-3H3. The van der Waals surface area contributed by atoms with E-state index in [9.17, 15) is 0 Å². The Labute approximate surface area is 172 Å². The highest BCUT2D eigenvalue weighted by Crippen LogP contribution is 2.34. The molecular formula is C21H19ClN4OS. The van der Waals surface area contributed by atoms with E-state index >= 15 is 0 Å². The van der Waals surface area contributed by atoms with Gasteiger partial charge >= 0.3 is 0 Å². The predicted octanol–water partition coefficient (Wildman–Crippen LogP) is 5.79. The molecule has 2 aromatic carbocycles. The summed E-state index contributed by atoms with van der Waals surface area (Å²) in [5, 5.41) is 14.3. The molecule has 0 aliphatic rings. The number of hydrogen-bond acceptors (Lipinski definition) is 5. The minimum Gasteiger partial charge on any atom is -0.360 e. The lowest BCUT2D eigenvalue weighted by Crippen LogP contribution is -2.03. The van der Waals surface area contributed by atoms with Crippen LogP contribution in [-0.2, 0) is 5.75 Å². The molecule has 2 aromatic heterocycles. The van der Waals surface area contributed by atoms with E-state index in [1.807, 2.05) is 37.3 Å². The third-order valence-corrected chi connectivity index (χ3v) is 5.65. The van der Waals surface area contributed by atoms with Crippen molar-refractivity contribution in [2.75, 3.05) is 0 Å². The fraction of sp³-hybridized carbons (Fsp3) is 0.190. The molecule has 0 aliphatic heterocycles. The van der Waals surface area contributed by atoms with E-state index < -0.39 is 0 Å². The first-order chi connectivity index (χ1) is 13.5.